The molecule has 1 atom stereocenters. The van der Waals surface area contributed by atoms with E-state index in [0.717, 1.165) is 44.5 Å². The molecule has 0 heterocycles. The van der Waals surface area contributed by atoms with Gasteiger partial charge in [-0.3, -0.25) is 4.79 Å². The van der Waals surface area contributed by atoms with Crippen molar-refractivity contribution in [3.05, 3.63) is 35.9 Å². The quantitative estimate of drug-likeness (QED) is 0.417. The van der Waals surface area contributed by atoms with E-state index in [1.807, 2.05) is 30.3 Å². The minimum absolute atomic E-state index is 0. The molecule has 1 aromatic carbocycles. The molecule has 0 saturated carbocycles. The Morgan fingerprint density at radius 3 is 2.12 bits per heavy atom. The molecule has 3 nitrogen and oxygen atoms in total. The maximum Gasteiger partial charge on any atom is 0.313 e. The standard InChI is InChI=1S/C20H33NO2.ClH/c1-5-17(6-2)19(18-13-10-9-11-14-18)20(22)23-16-12-15-21(7-3)8-4;/h9-11,13-14,17,19H,5-8,12,15-16H2,1-4H3;1H. The molecule has 0 amide bonds. The first kappa shape index (κ1) is 22.9. The van der Waals surface area contributed by atoms with E-state index in [1.165, 1.54) is 0 Å². The number of esters is 1. The number of hydrogen-bond donors (Lipinski definition) is 0. The summed E-state index contributed by atoms with van der Waals surface area (Å²) in [6, 6.07) is 10.1. The van der Waals surface area contributed by atoms with Crippen LogP contribution in [-0.4, -0.2) is 37.1 Å². The van der Waals surface area contributed by atoms with E-state index in [0.29, 0.717) is 12.5 Å². The summed E-state index contributed by atoms with van der Waals surface area (Å²) in [6.07, 6.45) is 2.88. The molecule has 0 bridgehead atoms. The van der Waals surface area contributed by atoms with Crippen molar-refractivity contribution in [1.29, 1.82) is 0 Å². The van der Waals surface area contributed by atoms with Crippen LogP contribution in [0.4, 0.5) is 0 Å². The van der Waals surface area contributed by atoms with Crippen LogP contribution in [0.5, 0.6) is 0 Å². The van der Waals surface area contributed by atoms with E-state index in [1.54, 1.807) is 0 Å². The number of benzene rings is 1. The zero-order valence-corrected chi connectivity index (χ0v) is 16.5. The molecule has 138 valence electrons. The van der Waals surface area contributed by atoms with Crippen molar-refractivity contribution in [1.82, 2.24) is 4.90 Å². The van der Waals surface area contributed by atoms with Crippen molar-refractivity contribution < 1.29 is 9.53 Å². The van der Waals surface area contributed by atoms with Crippen LogP contribution in [0.3, 0.4) is 0 Å². The summed E-state index contributed by atoms with van der Waals surface area (Å²) in [5, 5.41) is 0. The smallest absolute Gasteiger partial charge is 0.313 e. The van der Waals surface area contributed by atoms with Gasteiger partial charge in [0.1, 0.15) is 0 Å². The summed E-state index contributed by atoms with van der Waals surface area (Å²) in [7, 11) is 0. The highest BCUT2D eigenvalue weighted by molar-refractivity contribution is 5.85. The molecule has 4 heteroatoms. The molecule has 1 unspecified atom stereocenters. The van der Waals surface area contributed by atoms with Crippen molar-refractivity contribution in [3.8, 4) is 0 Å². The third-order valence-corrected chi connectivity index (χ3v) is 4.69. The minimum atomic E-state index is -0.139. The maximum absolute atomic E-state index is 12.7. The average molecular weight is 356 g/mol. The van der Waals surface area contributed by atoms with E-state index in [4.69, 9.17) is 4.74 Å². The Balaban J connectivity index is 0.00000529. The summed E-state index contributed by atoms with van der Waals surface area (Å²) >= 11 is 0. The third kappa shape index (κ3) is 7.23. The van der Waals surface area contributed by atoms with Gasteiger partial charge in [0.05, 0.1) is 12.5 Å². The molecule has 0 aliphatic heterocycles. The van der Waals surface area contributed by atoms with E-state index in [2.05, 4.69) is 32.6 Å². The predicted octanol–water partition coefficient (Wildman–Crippen LogP) is 4.90. The molecule has 0 aliphatic carbocycles. The molecule has 0 fully saturated rings. The molecule has 1 rings (SSSR count). The number of rotatable bonds is 11. The van der Waals surface area contributed by atoms with Gasteiger partial charge in [-0.25, -0.2) is 0 Å². The highest BCUT2D eigenvalue weighted by Crippen LogP contribution is 2.30. The van der Waals surface area contributed by atoms with Crippen LogP contribution in [0.25, 0.3) is 0 Å². The highest BCUT2D eigenvalue weighted by atomic mass is 35.5. The summed E-state index contributed by atoms with van der Waals surface area (Å²) in [5.74, 6) is 0.136. The van der Waals surface area contributed by atoms with Gasteiger partial charge in [0.25, 0.3) is 0 Å². The summed E-state index contributed by atoms with van der Waals surface area (Å²) in [5.41, 5.74) is 1.08. The zero-order chi connectivity index (χ0) is 17.1. The Labute approximate surface area is 154 Å². The first-order valence-corrected chi connectivity index (χ1v) is 9.11. The van der Waals surface area contributed by atoms with Gasteiger partial charge in [0, 0.05) is 6.54 Å². The van der Waals surface area contributed by atoms with Gasteiger partial charge >= 0.3 is 5.97 Å². The van der Waals surface area contributed by atoms with Crippen LogP contribution in [0.2, 0.25) is 0 Å². The molecule has 0 radical (unpaired) electrons. The number of nitrogens with zero attached hydrogens (tertiary/aromatic N) is 1. The second-order valence-corrected chi connectivity index (χ2v) is 6.01. The van der Waals surface area contributed by atoms with Crippen LogP contribution in [0.1, 0.15) is 58.4 Å². The van der Waals surface area contributed by atoms with Gasteiger partial charge in [-0.05, 0) is 31.0 Å². The minimum Gasteiger partial charge on any atom is -0.465 e. The molecule has 24 heavy (non-hydrogen) atoms. The molecule has 0 spiro atoms. The number of halogens is 1. The van der Waals surface area contributed by atoms with Gasteiger partial charge in [0.2, 0.25) is 0 Å². The molecular formula is C20H34ClNO2. The van der Waals surface area contributed by atoms with Crippen molar-refractivity contribution in [3.63, 3.8) is 0 Å². The molecule has 0 N–H and O–H groups in total. The highest BCUT2D eigenvalue weighted by Gasteiger charge is 2.28. The molecule has 1 aromatic rings. The van der Waals surface area contributed by atoms with Crippen molar-refractivity contribution in [2.75, 3.05) is 26.2 Å². The van der Waals surface area contributed by atoms with Gasteiger partial charge < -0.3 is 9.64 Å². The van der Waals surface area contributed by atoms with Crippen LogP contribution in [0.15, 0.2) is 30.3 Å². The second-order valence-electron chi connectivity index (χ2n) is 6.01. The average Bonchev–Trinajstić information content (AvgIpc) is 2.60. The lowest BCUT2D eigenvalue weighted by Gasteiger charge is -2.24. The van der Waals surface area contributed by atoms with E-state index >= 15 is 0 Å². The Morgan fingerprint density at radius 1 is 1.04 bits per heavy atom. The van der Waals surface area contributed by atoms with E-state index in [-0.39, 0.29) is 24.3 Å². The normalized spacial score (nSPS) is 12.1. The summed E-state index contributed by atoms with van der Waals surface area (Å²) < 4.78 is 5.62. The van der Waals surface area contributed by atoms with Crippen LogP contribution < -0.4 is 0 Å². The second kappa shape index (κ2) is 13.3. The third-order valence-electron chi connectivity index (χ3n) is 4.69. The number of hydrogen-bond acceptors (Lipinski definition) is 3. The Morgan fingerprint density at radius 2 is 1.62 bits per heavy atom. The van der Waals surface area contributed by atoms with Gasteiger partial charge in [-0.1, -0.05) is 70.9 Å². The fourth-order valence-corrected chi connectivity index (χ4v) is 3.11. The summed E-state index contributed by atoms with van der Waals surface area (Å²) in [4.78, 5) is 15.0. The molecule has 0 aromatic heterocycles. The van der Waals surface area contributed by atoms with E-state index < -0.39 is 0 Å². The van der Waals surface area contributed by atoms with Crippen LogP contribution >= 0.6 is 12.4 Å². The van der Waals surface area contributed by atoms with Crippen molar-refractivity contribution in [2.24, 2.45) is 5.92 Å². The number of carbonyl (C=O) groups excluding carboxylic acids is 1. The SMILES string of the molecule is CCC(CC)C(C(=O)OCCCN(CC)CC)c1ccccc1.Cl. The van der Waals surface area contributed by atoms with Gasteiger partial charge in [0.15, 0.2) is 0 Å². The Hall–Kier alpha value is -1.06. The first-order valence-electron chi connectivity index (χ1n) is 9.11. The number of ether oxygens (including phenoxy) is 1. The van der Waals surface area contributed by atoms with E-state index in [9.17, 15) is 4.79 Å². The monoisotopic (exact) mass is 355 g/mol. The number of carbonyl (C=O) groups is 1. The van der Waals surface area contributed by atoms with Crippen molar-refractivity contribution >= 4 is 18.4 Å². The Kier molecular flexibility index (Phi) is 12.7. The zero-order valence-electron chi connectivity index (χ0n) is 15.7. The molecular weight excluding hydrogens is 322 g/mol. The molecule has 0 saturated heterocycles. The fourth-order valence-electron chi connectivity index (χ4n) is 3.11. The lowest BCUT2D eigenvalue weighted by atomic mass is 9.82. The van der Waals surface area contributed by atoms with Gasteiger partial charge in [-0.2, -0.15) is 0 Å². The van der Waals surface area contributed by atoms with Crippen LogP contribution in [-0.2, 0) is 9.53 Å². The largest absolute Gasteiger partial charge is 0.465 e. The first-order chi connectivity index (χ1) is 11.2. The predicted molar refractivity (Wildman–Crippen MR) is 104 cm³/mol. The maximum atomic E-state index is 12.7. The Bertz CT molecular complexity index is 431. The summed E-state index contributed by atoms with van der Waals surface area (Å²) in [6.45, 7) is 12.2. The topological polar surface area (TPSA) is 29.5 Å². The van der Waals surface area contributed by atoms with Gasteiger partial charge in [-0.15, -0.1) is 12.4 Å². The lowest BCUT2D eigenvalue weighted by molar-refractivity contribution is -0.147. The fraction of sp³-hybridized carbons (Fsp3) is 0.650. The van der Waals surface area contributed by atoms with Crippen molar-refractivity contribution in [2.45, 2.75) is 52.9 Å². The lowest BCUT2D eigenvalue weighted by Crippen LogP contribution is -2.27. The van der Waals surface area contributed by atoms with Crippen LogP contribution in [0, 0.1) is 5.92 Å². The molecule has 0 aliphatic rings.